The van der Waals surface area contributed by atoms with Crippen molar-refractivity contribution < 1.29 is 4.79 Å². The Balaban J connectivity index is 1.52. The summed E-state index contributed by atoms with van der Waals surface area (Å²) in [5.41, 5.74) is 5.09. The maximum atomic E-state index is 13.1. The summed E-state index contributed by atoms with van der Waals surface area (Å²) in [6, 6.07) is 22.1. The van der Waals surface area contributed by atoms with Crippen LogP contribution in [0.2, 0.25) is 0 Å². The van der Waals surface area contributed by atoms with Gasteiger partial charge in [0.15, 0.2) is 0 Å². The molecule has 2 aromatic carbocycles. The predicted molar refractivity (Wildman–Crippen MR) is 140 cm³/mol. The first-order valence-electron chi connectivity index (χ1n) is 12.0. The number of benzene rings is 2. The molecule has 35 heavy (non-hydrogen) atoms. The largest absolute Gasteiger partial charge is 0.350 e. The molecule has 0 aliphatic heterocycles. The molecular formula is C28H32N6O. The van der Waals surface area contributed by atoms with E-state index in [4.69, 9.17) is 0 Å². The molecule has 0 aliphatic carbocycles. The van der Waals surface area contributed by atoms with Crippen LogP contribution in [0.1, 0.15) is 72.3 Å². The molecule has 0 saturated heterocycles. The van der Waals surface area contributed by atoms with Crippen LogP contribution in [-0.2, 0) is 13.1 Å². The van der Waals surface area contributed by atoms with Crippen molar-refractivity contribution >= 4 is 17.8 Å². The number of anilines is 2. The van der Waals surface area contributed by atoms with E-state index >= 15 is 0 Å². The standard InChI is InChI=1S/C28H32N6O/c1-19(2)23-12-8-21(9-13-23)17-30-27-32-28(31-18-22-10-14-24(15-11-22)20(3)4)34(33-27)26(35)25-7-5-6-16-29-25/h5-16,19-20H,17-18H2,1-4H3,(H2,30,31,32,33). The molecule has 0 unspecified atom stereocenters. The number of carbonyl (C=O) groups excluding carboxylic acids is 1. The molecule has 0 bridgehead atoms. The van der Waals surface area contributed by atoms with Gasteiger partial charge in [-0.1, -0.05) is 82.3 Å². The second-order valence-corrected chi connectivity index (χ2v) is 9.19. The van der Waals surface area contributed by atoms with Gasteiger partial charge in [-0.25, -0.2) is 0 Å². The van der Waals surface area contributed by atoms with Gasteiger partial charge in [0.25, 0.3) is 5.91 Å². The third-order valence-corrected chi connectivity index (χ3v) is 5.88. The average Bonchev–Trinajstić information content (AvgIpc) is 3.30. The maximum absolute atomic E-state index is 13.1. The highest BCUT2D eigenvalue weighted by atomic mass is 16.2. The number of aromatic nitrogens is 4. The summed E-state index contributed by atoms with van der Waals surface area (Å²) in [6.45, 7) is 9.77. The Morgan fingerprint density at radius 2 is 1.37 bits per heavy atom. The highest BCUT2D eigenvalue weighted by Crippen LogP contribution is 2.18. The molecular weight excluding hydrogens is 436 g/mol. The summed E-state index contributed by atoms with van der Waals surface area (Å²) in [7, 11) is 0. The fourth-order valence-corrected chi connectivity index (χ4v) is 3.64. The number of nitrogens with zero attached hydrogens (tertiary/aromatic N) is 4. The molecule has 0 atom stereocenters. The van der Waals surface area contributed by atoms with Crippen molar-refractivity contribution in [2.45, 2.75) is 52.6 Å². The number of hydrogen-bond acceptors (Lipinski definition) is 6. The molecule has 4 rings (SSSR count). The Morgan fingerprint density at radius 3 is 1.89 bits per heavy atom. The number of nitrogens with one attached hydrogen (secondary N) is 2. The van der Waals surface area contributed by atoms with Crippen molar-refractivity contribution in [3.05, 3.63) is 101 Å². The van der Waals surface area contributed by atoms with Crippen LogP contribution in [0.4, 0.5) is 11.9 Å². The fourth-order valence-electron chi connectivity index (χ4n) is 3.64. The minimum atomic E-state index is -0.343. The normalized spacial score (nSPS) is 11.1. The third-order valence-electron chi connectivity index (χ3n) is 5.88. The molecule has 0 spiro atoms. The Bertz CT molecular complexity index is 1250. The topological polar surface area (TPSA) is 84.7 Å². The van der Waals surface area contributed by atoms with Gasteiger partial charge >= 0.3 is 0 Å². The maximum Gasteiger partial charge on any atom is 0.300 e. The lowest BCUT2D eigenvalue weighted by atomic mass is 10.0. The summed E-state index contributed by atoms with van der Waals surface area (Å²) in [5.74, 6) is 1.37. The van der Waals surface area contributed by atoms with E-state index in [1.165, 1.54) is 15.8 Å². The van der Waals surface area contributed by atoms with Gasteiger partial charge in [0.1, 0.15) is 5.69 Å². The quantitative estimate of drug-likeness (QED) is 0.321. The van der Waals surface area contributed by atoms with Crippen LogP contribution in [0, 0.1) is 0 Å². The predicted octanol–water partition coefficient (Wildman–Crippen LogP) is 5.83. The van der Waals surface area contributed by atoms with Gasteiger partial charge < -0.3 is 10.6 Å². The molecule has 180 valence electrons. The Morgan fingerprint density at radius 1 is 0.800 bits per heavy atom. The van der Waals surface area contributed by atoms with Crippen molar-refractivity contribution in [2.24, 2.45) is 0 Å². The van der Waals surface area contributed by atoms with Gasteiger partial charge in [-0.05, 0) is 46.2 Å². The summed E-state index contributed by atoms with van der Waals surface area (Å²) in [4.78, 5) is 21.9. The van der Waals surface area contributed by atoms with Gasteiger partial charge in [0.05, 0.1) is 0 Å². The average molecular weight is 469 g/mol. The van der Waals surface area contributed by atoms with E-state index in [0.29, 0.717) is 42.5 Å². The van der Waals surface area contributed by atoms with E-state index in [9.17, 15) is 4.79 Å². The van der Waals surface area contributed by atoms with Crippen LogP contribution in [0.5, 0.6) is 0 Å². The van der Waals surface area contributed by atoms with E-state index in [0.717, 1.165) is 11.1 Å². The summed E-state index contributed by atoms with van der Waals surface area (Å²) < 4.78 is 1.27. The van der Waals surface area contributed by atoms with Crippen molar-refractivity contribution in [1.82, 2.24) is 19.7 Å². The third kappa shape index (κ3) is 6.12. The monoisotopic (exact) mass is 468 g/mol. The highest BCUT2D eigenvalue weighted by Gasteiger charge is 2.19. The van der Waals surface area contributed by atoms with Crippen molar-refractivity contribution in [3.63, 3.8) is 0 Å². The van der Waals surface area contributed by atoms with Crippen LogP contribution < -0.4 is 10.6 Å². The number of carbonyl (C=O) groups is 1. The second-order valence-electron chi connectivity index (χ2n) is 9.19. The van der Waals surface area contributed by atoms with Crippen molar-refractivity contribution in [2.75, 3.05) is 10.6 Å². The first-order chi connectivity index (χ1) is 16.9. The molecule has 0 fully saturated rings. The van der Waals surface area contributed by atoms with E-state index in [1.807, 2.05) is 0 Å². The van der Waals surface area contributed by atoms with E-state index in [2.05, 4.69) is 102 Å². The second kappa shape index (κ2) is 11.0. The zero-order chi connectivity index (χ0) is 24.8. The van der Waals surface area contributed by atoms with Gasteiger partial charge in [0.2, 0.25) is 11.9 Å². The van der Waals surface area contributed by atoms with Crippen LogP contribution in [-0.4, -0.2) is 25.7 Å². The van der Waals surface area contributed by atoms with Gasteiger partial charge in [0, 0.05) is 19.3 Å². The van der Waals surface area contributed by atoms with Crippen LogP contribution in [0.25, 0.3) is 0 Å². The van der Waals surface area contributed by atoms with Gasteiger partial charge in [-0.2, -0.15) is 9.67 Å². The molecule has 7 heteroatoms. The molecule has 4 aromatic rings. The van der Waals surface area contributed by atoms with Gasteiger partial charge in [-0.15, -0.1) is 5.10 Å². The number of pyridine rings is 1. The summed E-state index contributed by atoms with van der Waals surface area (Å²) in [6.07, 6.45) is 1.59. The molecule has 0 radical (unpaired) electrons. The molecule has 0 aliphatic rings. The zero-order valence-corrected chi connectivity index (χ0v) is 20.7. The molecule has 2 aromatic heterocycles. The molecule has 0 amide bonds. The fraction of sp³-hybridized carbons (Fsp3) is 0.286. The molecule has 2 N–H and O–H groups in total. The summed E-state index contributed by atoms with van der Waals surface area (Å²) in [5, 5.41) is 10.9. The Labute approximate surface area is 206 Å². The lowest BCUT2D eigenvalue weighted by Gasteiger charge is -2.09. The molecule has 7 nitrogen and oxygen atoms in total. The smallest absolute Gasteiger partial charge is 0.300 e. The zero-order valence-electron chi connectivity index (χ0n) is 20.7. The summed E-state index contributed by atoms with van der Waals surface area (Å²) >= 11 is 0. The van der Waals surface area contributed by atoms with Crippen LogP contribution >= 0.6 is 0 Å². The van der Waals surface area contributed by atoms with E-state index in [1.54, 1.807) is 24.4 Å². The highest BCUT2D eigenvalue weighted by molar-refractivity contribution is 5.95. The molecule has 2 heterocycles. The minimum absolute atomic E-state index is 0.303. The lowest BCUT2D eigenvalue weighted by Crippen LogP contribution is -2.18. The minimum Gasteiger partial charge on any atom is -0.350 e. The van der Waals surface area contributed by atoms with Crippen LogP contribution in [0.15, 0.2) is 72.9 Å². The SMILES string of the molecule is CC(C)c1ccc(CNc2nc(NCc3ccc(C(C)C)cc3)n(C(=O)c3ccccn3)n2)cc1. The Hall–Kier alpha value is -4.00. The van der Waals surface area contributed by atoms with Crippen molar-refractivity contribution in [3.8, 4) is 0 Å². The number of rotatable bonds is 9. The Kier molecular flexibility index (Phi) is 7.55. The molecule has 0 saturated carbocycles. The number of hydrogen-bond donors (Lipinski definition) is 2. The lowest BCUT2D eigenvalue weighted by molar-refractivity contribution is 0.0942. The van der Waals surface area contributed by atoms with E-state index < -0.39 is 0 Å². The van der Waals surface area contributed by atoms with Gasteiger partial charge in [-0.3, -0.25) is 9.78 Å². The first kappa shape index (κ1) is 24.1. The van der Waals surface area contributed by atoms with Crippen LogP contribution in [0.3, 0.4) is 0 Å². The van der Waals surface area contributed by atoms with E-state index in [-0.39, 0.29) is 5.91 Å². The first-order valence-corrected chi connectivity index (χ1v) is 12.0. The van der Waals surface area contributed by atoms with Crippen molar-refractivity contribution in [1.29, 1.82) is 0 Å².